The molecule has 0 heteroatoms. The van der Waals surface area contributed by atoms with E-state index in [1.807, 2.05) is 0 Å². The highest BCUT2D eigenvalue weighted by Crippen LogP contribution is 2.27. The minimum absolute atomic E-state index is 1.04. The molecule has 2 aliphatic rings. The molecule has 0 amide bonds. The van der Waals surface area contributed by atoms with Crippen LogP contribution in [-0.2, 0) is 0 Å². The maximum atomic E-state index is 2.36. The van der Waals surface area contributed by atoms with Crippen molar-refractivity contribution in [2.45, 2.75) is 97.3 Å². The van der Waals surface area contributed by atoms with Crippen molar-refractivity contribution in [1.82, 2.24) is 0 Å². The highest BCUT2D eigenvalue weighted by Gasteiger charge is 2.11. The average Bonchev–Trinajstić information content (AvgIpc) is 2.39. The molecule has 0 atom stereocenters. The van der Waals surface area contributed by atoms with E-state index in [1.165, 1.54) is 83.5 Å². The topological polar surface area (TPSA) is 0 Å². The first-order valence-corrected chi connectivity index (χ1v) is 8.33. The van der Waals surface area contributed by atoms with E-state index >= 15 is 0 Å². The van der Waals surface area contributed by atoms with Gasteiger partial charge in [-0.3, -0.25) is 0 Å². The van der Waals surface area contributed by atoms with Crippen LogP contribution in [0, 0.1) is 11.8 Å². The molecule has 0 nitrogen and oxygen atoms in total. The molecule has 0 saturated heterocycles. The van der Waals surface area contributed by atoms with Crippen molar-refractivity contribution in [3.63, 3.8) is 0 Å². The van der Waals surface area contributed by atoms with Crippen LogP contribution in [-0.4, -0.2) is 0 Å². The fraction of sp³-hybridized carbons (Fsp3) is 1.00. The van der Waals surface area contributed by atoms with Gasteiger partial charge in [0.2, 0.25) is 0 Å². The highest BCUT2D eigenvalue weighted by molar-refractivity contribution is 4.65. The van der Waals surface area contributed by atoms with E-state index in [2.05, 4.69) is 13.8 Å². The molecule has 0 radical (unpaired) electrons. The molecule has 0 bridgehead atoms. The number of rotatable bonds is 3. The molecule has 2 rings (SSSR count). The van der Waals surface area contributed by atoms with Gasteiger partial charge < -0.3 is 0 Å². The Hall–Kier alpha value is 0. The lowest BCUT2D eigenvalue weighted by Gasteiger charge is -2.20. The lowest BCUT2D eigenvalue weighted by Crippen LogP contribution is -2.05. The van der Waals surface area contributed by atoms with E-state index in [4.69, 9.17) is 0 Å². The third kappa shape index (κ3) is 7.84. The minimum atomic E-state index is 1.04. The Balaban J connectivity index is 0.000000181. The standard InChI is InChI=1S/C10H20.C7H14/c1-2-3-7-10-8-5-4-6-9-10;1-7-5-3-2-4-6-7/h10H,2-9H2,1H3;7H,2-6H2,1H3. The number of unbranched alkanes of at least 4 members (excludes halogenated alkanes) is 1. The van der Waals surface area contributed by atoms with Crippen LogP contribution < -0.4 is 0 Å². The van der Waals surface area contributed by atoms with Crippen molar-refractivity contribution >= 4 is 0 Å². The third-order valence-electron chi connectivity index (χ3n) is 4.58. The normalized spacial score (nSPS) is 22.9. The third-order valence-corrected chi connectivity index (χ3v) is 4.58. The van der Waals surface area contributed by atoms with E-state index in [0.717, 1.165) is 11.8 Å². The van der Waals surface area contributed by atoms with Crippen molar-refractivity contribution < 1.29 is 0 Å². The van der Waals surface area contributed by atoms with Crippen molar-refractivity contribution in [1.29, 1.82) is 0 Å². The molecule has 0 aliphatic heterocycles. The molecule has 0 aromatic carbocycles. The molecule has 102 valence electrons. The summed E-state index contributed by atoms with van der Waals surface area (Å²) in [6.07, 6.45) is 19.4. The van der Waals surface area contributed by atoms with E-state index in [1.54, 1.807) is 0 Å². The fourth-order valence-electron chi connectivity index (χ4n) is 3.28. The van der Waals surface area contributed by atoms with Crippen LogP contribution in [0.2, 0.25) is 0 Å². The molecule has 17 heavy (non-hydrogen) atoms. The first-order chi connectivity index (χ1) is 8.33. The molecule has 0 aromatic heterocycles. The van der Waals surface area contributed by atoms with Gasteiger partial charge in [0.15, 0.2) is 0 Å². The predicted octanol–water partition coefficient (Wildman–Crippen LogP) is 6.34. The summed E-state index contributed by atoms with van der Waals surface area (Å²) in [5.74, 6) is 2.14. The second-order valence-corrected chi connectivity index (χ2v) is 6.39. The Morgan fingerprint density at radius 1 is 0.765 bits per heavy atom. The largest absolute Gasteiger partial charge is 0.0654 e. The zero-order valence-electron chi connectivity index (χ0n) is 12.3. The second-order valence-electron chi connectivity index (χ2n) is 6.39. The minimum Gasteiger partial charge on any atom is -0.0654 e. The van der Waals surface area contributed by atoms with E-state index < -0.39 is 0 Å². The summed E-state index contributed by atoms with van der Waals surface area (Å²) in [5.41, 5.74) is 0. The van der Waals surface area contributed by atoms with Gasteiger partial charge in [0.25, 0.3) is 0 Å². The van der Waals surface area contributed by atoms with Crippen LogP contribution >= 0.6 is 0 Å². The Bertz CT molecular complexity index is 149. The van der Waals surface area contributed by atoms with Crippen LogP contribution in [0.1, 0.15) is 97.3 Å². The summed E-state index contributed by atoms with van der Waals surface area (Å²) in [7, 11) is 0. The Morgan fingerprint density at radius 2 is 1.29 bits per heavy atom. The summed E-state index contributed by atoms with van der Waals surface area (Å²) in [6.45, 7) is 4.65. The highest BCUT2D eigenvalue weighted by atomic mass is 14.2. The predicted molar refractivity (Wildman–Crippen MR) is 78.3 cm³/mol. The smallest absolute Gasteiger partial charge is 0.0414 e. The summed E-state index contributed by atoms with van der Waals surface area (Å²) in [5, 5.41) is 0. The fourth-order valence-corrected chi connectivity index (χ4v) is 3.28. The zero-order valence-corrected chi connectivity index (χ0v) is 12.3. The molecule has 2 aliphatic carbocycles. The van der Waals surface area contributed by atoms with Gasteiger partial charge in [-0.05, 0) is 11.8 Å². The molecule has 2 fully saturated rings. The SMILES string of the molecule is CC1CCCCC1.CCCCC1CCCCC1. The van der Waals surface area contributed by atoms with Crippen LogP contribution in [0.5, 0.6) is 0 Å². The number of hydrogen-bond donors (Lipinski definition) is 0. The van der Waals surface area contributed by atoms with Crippen molar-refractivity contribution in [2.75, 3.05) is 0 Å². The van der Waals surface area contributed by atoms with Gasteiger partial charge in [0, 0.05) is 0 Å². The van der Waals surface area contributed by atoms with Crippen molar-refractivity contribution in [3.05, 3.63) is 0 Å². The molecular formula is C17H34. The first kappa shape index (κ1) is 15.1. The lowest BCUT2D eigenvalue weighted by molar-refractivity contribution is 0.331. The summed E-state index contributed by atoms with van der Waals surface area (Å²) < 4.78 is 0. The lowest BCUT2D eigenvalue weighted by atomic mass is 9.86. The van der Waals surface area contributed by atoms with Gasteiger partial charge in [-0.15, -0.1) is 0 Å². The van der Waals surface area contributed by atoms with E-state index in [-0.39, 0.29) is 0 Å². The van der Waals surface area contributed by atoms with Gasteiger partial charge in [-0.1, -0.05) is 97.3 Å². The van der Waals surface area contributed by atoms with Crippen LogP contribution in [0.25, 0.3) is 0 Å². The van der Waals surface area contributed by atoms with Crippen molar-refractivity contribution in [3.8, 4) is 0 Å². The van der Waals surface area contributed by atoms with Gasteiger partial charge in [-0.2, -0.15) is 0 Å². The van der Waals surface area contributed by atoms with Gasteiger partial charge >= 0.3 is 0 Å². The quantitative estimate of drug-likeness (QED) is 0.538. The average molecular weight is 238 g/mol. The second kappa shape index (κ2) is 9.97. The van der Waals surface area contributed by atoms with E-state index in [0.29, 0.717) is 0 Å². The monoisotopic (exact) mass is 238 g/mol. The van der Waals surface area contributed by atoms with Gasteiger partial charge in [-0.25, -0.2) is 0 Å². The molecule has 0 unspecified atom stereocenters. The molecule has 2 saturated carbocycles. The maximum absolute atomic E-state index is 2.36. The van der Waals surface area contributed by atoms with Crippen LogP contribution in [0.15, 0.2) is 0 Å². The van der Waals surface area contributed by atoms with E-state index in [9.17, 15) is 0 Å². The summed E-state index contributed by atoms with van der Waals surface area (Å²) in [6, 6.07) is 0. The molecule has 0 heterocycles. The Kier molecular flexibility index (Phi) is 8.83. The number of hydrogen-bond acceptors (Lipinski definition) is 0. The summed E-state index contributed by atoms with van der Waals surface area (Å²) >= 11 is 0. The van der Waals surface area contributed by atoms with Crippen molar-refractivity contribution in [2.24, 2.45) is 11.8 Å². The van der Waals surface area contributed by atoms with Gasteiger partial charge in [0.1, 0.15) is 0 Å². The molecule has 0 aromatic rings. The summed E-state index contributed by atoms with van der Waals surface area (Å²) in [4.78, 5) is 0. The Morgan fingerprint density at radius 3 is 1.71 bits per heavy atom. The molecular weight excluding hydrogens is 204 g/mol. The molecule has 0 spiro atoms. The van der Waals surface area contributed by atoms with Crippen LogP contribution in [0.3, 0.4) is 0 Å². The molecule has 0 N–H and O–H groups in total. The maximum Gasteiger partial charge on any atom is -0.0414 e. The zero-order chi connectivity index (χ0) is 12.3. The Labute approximate surface area is 110 Å². The van der Waals surface area contributed by atoms with Gasteiger partial charge in [0.05, 0.1) is 0 Å². The first-order valence-electron chi connectivity index (χ1n) is 8.33. The van der Waals surface area contributed by atoms with Crippen LogP contribution in [0.4, 0.5) is 0 Å².